The molecular weight excluding hydrogens is 270 g/mol. The largest absolute Gasteiger partial charge is 0.493 e. The Balaban J connectivity index is 2.65. The number of ether oxygens (including phenoxy) is 2. The van der Waals surface area contributed by atoms with Crippen molar-refractivity contribution in [2.45, 2.75) is 39.8 Å². The molecule has 0 aliphatic rings. The van der Waals surface area contributed by atoms with E-state index in [1.807, 2.05) is 17.8 Å². The van der Waals surface area contributed by atoms with Gasteiger partial charge in [-0.15, -0.1) is 0 Å². The average molecular weight is 297 g/mol. The van der Waals surface area contributed by atoms with Gasteiger partial charge in [0, 0.05) is 17.8 Å². The average Bonchev–Trinajstić information content (AvgIpc) is 2.40. The Morgan fingerprint density at radius 1 is 1.20 bits per heavy atom. The second-order valence-corrected chi connectivity index (χ2v) is 7.03. The summed E-state index contributed by atoms with van der Waals surface area (Å²) < 4.78 is 11.2. The molecule has 0 unspecified atom stereocenters. The molecule has 0 saturated carbocycles. The van der Waals surface area contributed by atoms with Crippen LogP contribution in [0.4, 0.5) is 0 Å². The molecular formula is C16H27NO2S. The number of hydrogen-bond donors (Lipinski definition) is 1. The van der Waals surface area contributed by atoms with Crippen LogP contribution in [-0.4, -0.2) is 30.8 Å². The zero-order valence-corrected chi connectivity index (χ0v) is 14.1. The summed E-state index contributed by atoms with van der Waals surface area (Å²) in [6.07, 6.45) is 0. The van der Waals surface area contributed by atoms with Gasteiger partial charge in [0.15, 0.2) is 11.5 Å². The van der Waals surface area contributed by atoms with Crippen LogP contribution in [0.1, 0.15) is 33.3 Å². The molecule has 4 heteroatoms. The number of methoxy groups -OCH3 is 1. The lowest BCUT2D eigenvalue weighted by molar-refractivity contribution is 0.313. The molecule has 0 fully saturated rings. The van der Waals surface area contributed by atoms with Crippen LogP contribution in [-0.2, 0) is 6.54 Å². The first kappa shape index (κ1) is 17.2. The van der Waals surface area contributed by atoms with Gasteiger partial charge in [0.2, 0.25) is 0 Å². The summed E-state index contributed by atoms with van der Waals surface area (Å²) in [5.41, 5.74) is 1.32. The van der Waals surface area contributed by atoms with Crippen molar-refractivity contribution in [3.8, 4) is 11.5 Å². The molecule has 0 radical (unpaired) electrons. The van der Waals surface area contributed by atoms with E-state index in [0.29, 0.717) is 6.61 Å². The molecule has 0 amide bonds. The first-order valence-electron chi connectivity index (χ1n) is 7.08. The molecule has 0 aliphatic carbocycles. The van der Waals surface area contributed by atoms with Gasteiger partial charge in [-0.25, -0.2) is 0 Å². The lowest BCUT2D eigenvalue weighted by Crippen LogP contribution is -2.35. The van der Waals surface area contributed by atoms with E-state index in [1.54, 1.807) is 7.11 Å². The van der Waals surface area contributed by atoms with Crippen LogP contribution in [0.5, 0.6) is 11.5 Å². The van der Waals surface area contributed by atoms with E-state index in [-0.39, 0.29) is 5.54 Å². The molecule has 3 nitrogen and oxygen atoms in total. The van der Waals surface area contributed by atoms with Gasteiger partial charge in [-0.1, -0.05) is 13.0 Å². The molecule has 0 heterocycles. The molecule has 1 aromatic carbocycles. The van der Waals surface area contributed by atoms with Crippen molar-refractivity contribution >= 4 is 11.8 Å². The molecule has 0 aromatic heterocycles. The highest BCUT2D eigenvalue weighted by Crippen LogP contribution is 2.28. The van der Waals surface area contributed by atoms with Gasteiger partial charge >= 0.3 is 0 Å². The van der Waals surface area contributed by atoms with Gasteiger partial charge in [-0.3, -0.25) is 0 Å². The van der Waals surface area contributed by atoms with Gasteiger partial charge in [-0.05, 0) is 44.2 Å². The number of nitrogens with one attached hydrogen (secondary N) is 1. The van der Waals surface area contributed by atoms with Crippen LogP contribution >= 0.6 is 11.8 Å². The number of benzene rings is 1. The Hall–Kier alpha value is -0.870. The fourth-order valence-corrected chi connectivity index (χ4v) is 2.16. The molecule has 0 atom stereocenters. The summed E-state index contributed by atoms with van der Waals surface area (Å²) in [6.45, 7) is 10.2. The van der Waals surface area contributed by atoms with Gasteiger partial charge in [0.1, 0.15) is 0 Å². The molecule has 0 aliphatic heterocycles. The van der Waals surface area contributed by atoms with Gasteiger partial charge in [0.25, 0.3) is 0 Å². The van der Waals surface area contributed by atoms with Crippen molar-refractivity contribution in [1.82, 2.24) is 5.32 Å². The Kier molecular flexibility index (Phi) is 7.24. The molecule has 1 aromatic rings. The molecule has 114 valence electrons. The Morgan fingerprint density at radius 2 is 1.95 bits per heavy atom. The predicted molar refractivity (Wildman–Crippen MR) is 88.1 cm³/mol. The van der Waals surface area contributed by atoms with Crippen LogP contribution in [0.3, 0.4) is 0 Å². The third-order valence-electron chi connectivity index (χ3n) is 2.74. The maximum Gasteiger partial charge on any atom is 0.161 e. The normalized spacial score (nSPS) is 11.4. The lowest BCUT2D eigenvalue weighted by atomic mass is 10.1. The van der Waals surface area contributed by atoms with E-state index in [0.717, 1.165) is 29.5 Å². The maximum atomic E-state index is 5.83. The van der Waals surface area contributed by atoms with Crippen LogP contribution in [0.15, 0.2) is 18.2 Å². The highest BCUT2D eigenvalue weighted by Gasteiger charge is 2.10. The van der Waals surface area contributed by atoms with Crippen LogP contribution in [0.25, 0.3) is 0 Å². The number of hydrogen-bond acceptors (Lipinski definition) is 4. The van der Waals surface area contributed by atoms with Crippen molar-refractivity contribution in [2.75, 3.05) is 25.2 Å². The van der Waals surface area contributed by atoms with E-state index in [1.165, 1.54) is 5.56 Å². The summed E-state index contributed by atoms with van der Waals surface area (Å²) in [7, 11) is 1.68. The molecule has 0 bridgehead atoms. The van der Waals surface area contributed by atoms with Crippen molar-refractivity contribution < 1.29 is 9.47 Å². The van der Waals surface area contributed by atoms with Crippen LogP contribution in [0.2, 0.25) is 0 Å². The monoisotopic (exact) mass is 297 g/mol. The highest BCUT2D eigenvalue weighted by atomic mass is 32.2. The molecule has 0 saturated heterocycles. The van der Waals surface area contributed by atoms with E-state index in [2.05, 4.69) is 45.1 Å². The van der Waals surface area contributed by atoms with E-state index >= 15 is 0 Å². The minimum Gasteiger partial charge on any atom is -0.493 e. The second kappa shape index (κ2) is 8.42. The van der Waals surface area contributed by atoms with E-state index < -0.39 is 0 Å². The standard InChI is InChI=1S/C16H27NO2S/c1-6-20-10-9-19-15-11-13(7-8-14(15)18-5)12-17-16(2,3)4/h7-8,11,17H,6,9-10,12H2,1-5H3. The Labute approximate surface area is 127 Å². The number of rotatable bonds is 8. The quantitative estimate of drug-likeness (QED) is 0.741. The molecule has 1 rings (SSSR count). The minimum absolute atomic E-state index is 0.110. The predicted octanol–water partition coefficient (Wildman–Crippen LogP) is 3.72. The fourth-order valence-electron chi connectivity index (χ4n) is 1.67. The van der Waals surface area contributed by atoms with Gasteiger partial charge < -0.3 is 14.8 Å². The summed E-state index contributed by atoms with van der Waals surface area (Å²) >= 11 is 1.88. The first-order chi connectivity index (χ1) is 9.46. The first-order valence-corrected chi connectivity index (χ1v) is 8.24. The van der Waals surface area contributed by atoms with E-state index in [9.17, 15) is 0 Å². The van der Waals surface area contributed by atoms with Gasteiger partial charge in [0.05, 0.1) is 13.7 Å². The topological polar surface area (TPSA) is 30.5 Å². The lowest BCUT2D eigenvalue weighted by Gasteiger charge is -2.21. The molecule has 1 N–H and O–H groups in total. The van der Waals surface area contributed by atoms with E-state index in [4.69, 9.17) is 9.47 Å². The van der Waals surface area contributed by atoms with Crippen molar-refractivity contribution in [2.24, 2.45) is 0 Å². The second-order valence-electron chi connectivity index (χ2n) is 5.63. The Bertz CT molecular complexity index is 402. The number of thioether (sulfide) groups is 1. The maximum absolute atomic E-state index is 5.83. The Morgan fingerprint density at radius 3 is 2.55 bits per heavy atom. The van der Waals surface area contributed by atoms with Crippen LogP contribution < -0.4 is 14.8 Å². The van der Waals surface area contributed by atoms with Crippen molar-refractivity contribution in [3.63, 3.8) is 0 Å². The third-order valence-corrected chi connectivity index (χ3v) is 3.60. The summed E-state index contributed by atoms with van der Waals surface area (Å²) in [5.74, 6) is 3.75. The van der Waals surface area contributed by atoms with Crippen molar-refractivity contribution in [1.29, 1.82) is 0 Å². The SMILES string of the molecule is CCSCCOc1cc(CNC(C)(C)C)ccc1OC. The highest BCUT2D eigenvalue weighted by molar-refractivity contribution is 7.99. The summed E-state index contributed by atoms with van der Waals surface area (Å²) in [4.78, 5) is 0. The zero-order valence-electron chi connectivity index (χ0n) is 13.3. The van der Waals surface area contributed by atoms with Crippen LogP contribution in [0, 0.1) is 0 Å². The minimum atomic E-state index is 0.110. The van der Waals surface area contributed by atoms with Crippen molar-refractivity contribution in [3.05, 3.63) is 23.8 Å². The molecule has 0 spiro atoms. The summed E-state index contributed by atoms with van der Waals surface area (Å²) in [6, 6.07) is 6.11. The smallest absolute Gasteiger partial charge is 0.161 e. The van der Waals surface area contributed by atoms with Gasteiger partial charge in [-0.2, -0.15) is 11.8 Å². The summed E-state index contributed by atoms with van der Waals surface area (Å²) in [5, 5.41) is 3.48. The fraction of sp³-hybridized carbons (Fsp3) is 0.625. The zero-order chi connectivity index (χ0) is 15.0. The molecule has 20 heavy (non-hydrogen) atoms. The third kappa shape index (κ3) is 6.53.